The van der Waals surface area contributed by atoms with Gasteiger partial charge in [0.1, 0.15) is 5.75 Å². The number of benzene rings is 1. The Morgan fingerprint density at radius 1 is 1.07 bits per heavy atom. The number of carbonyl (C=O) groups is 2. The lowest BCUT2D eigenvalue weighted by Gasteiger charge is -2.09. The van der Waals surface area contributed by atoms with Gasteiger partial charge in [0.05, 0.1) is 5.25 Å². The molecule has 0 spiro atoms. The van der Waals surface area contributed by atoms with Crippen molar-refractivity contribution in [1.29, 1.82) is 0 Å². The van der Waals surface area contributed by atoms with Crippen LogP contribution in [-0.4, -0.2) is 36.2 Å². The van der Waals surface area contributed by atoms with Gasteiger partial charge in [-0.2, -0.15) is 0 Å². The maximum absolute atomic E-state index is 12.3. The largest absolute Gasteiger partial charge is 0.325 e. The van der Waals surface area contributed by atoms with Crippen molar-refractivity contribution in [3.05, 3.63) is 40.9 Å². The van der Waals surface area contributed by atoms with Crippen LogP contribution < -0.4 is 10.6 Å². The van der Waals surface area contributed by atoms with E-state index in [1.807, 2.05) is 0 Å². The first-order valence-electron chi connectivity index (χ1n) is 8.47. The quantitative estimate of drug-likeness (QED) is 0.730. The molecule has 0 saturated carbocycles. The third kappa shape index (κ3) is 5.86. The summed E-state index contributed by atoms with van der Waals surface area (Å²) in [5, 5.41) is 5.18. The van der Waals surface area contributed by atoms with Crippen LogP contribution in [-0.2, 0) is 14.6 Å². The first kappa shape index (κ1) is 21.0. The third-order valence-corrected chi connectivity index (χ3v) is 7.11. The minimum absolute atomic E-state index is 0.306. The second-order valence-corrected chi connectivity index (χ2v) is 10.3. The van der Waals surface area contributed by atoms with Gasteiger partial charge < -0.3 is 5.32 Å². The Hall–Kier alpha value is -2.26. The molecule has 2 N–H and O–H groups in total. The van der Waals surface area contributed by atoms with Crippen LogP contribution in [0.2, 0.25) is 0 Å². The first-order valence-corrected chi connectivity index (χ1v) is 11.0. The highest BCUT2D eigenvalue weighted by Gasteiger charge is 2.20. The van der Waals surface area contributed by atoms with Crippen LogP contribution in [0.1, 0.15) is 48.8 Å². The Labute approximate surface area is 163 Å². The maximum atomic E-state index is 12.3. The molecule has 0 radical (unpaired) electrons. The summed E-state index contributed by atoms with van der Waals surface area (Å²) in [5.74, 6) is -1.14. The van der Waals surface area contributed by atoms with Gasteiger partial charge in [0.15, 0.2) is 15.0 Å². The Bertz CT molecular complexity index is 916. The molecule has 0 aliphatic rings. The molecule has 7 nitrogen and oxygen atoms in total. The zero-order valence-electron chi connectivity index (χ0n) is 15.6. The highest BCUT2D eigenvalue weighted by molar-refractivity contribution is 7.92. The zero-order chi connectivity index (χ0) is 20.2. The van der Waals surface area contributed by atoms with Gasteiger partial charge in [0, 0.05) is 22.3 Å². The molecule has 0 aliphatic carbocycles. The Balaban J connectivity index is 1.97. The molecule has 0 atom stereocenters. The number of nitrogens with zero attached hydrogens (tertiary/aromatic N) is 1. The fourth-order valence-electron chi connectivity index (χ4n) is 2.03. The number of thiazole rings is 1. The van der Waals surface area contributed by atoms with Gasteiger partial charge in [-0.1, -0.05) is 13.8 Å². The number of nitrogens with one attached hydrogen (secondary N) is 2. The fourth-order valence-corrected chi connectivity index (χ4v) is 3.62. The highest BCUT2D eigenvalue weighted by Crippen LogP contribution is 2.25. The second kappa shape index (κ2) is 8.62. The van der Waals surface area contributed by atoms with E-state index in [-0.39, 0.29) is 5.91 Å². The third-order valence-electron chi connectivity index (χ3n) is 3.79. The number of rotatable bonds is 7. The van der Waals surface area contributed by atoms with E-state index in [2.05, 4.69) is 29.5 Å². The van der Waals surface area contributed by atoms with E-state index in [4.69, 9.17) is 0 Å². The number of anilines is 2. The minimum atomic E-state index is -3.46. The number of hydrogen-bond acceptors (Lipinski definition) is 6. The van der Waals surface area contributed by atoms with Crippen LogP contribution >= 0.6 is 11.3 Å². The standard InChI is InChI=1S/C18H23N3O4S2/c1-11(2)15-9-19-18(26-15)21-17(23)13-5-7-14(8-6-13)20-16(22)10-27(24,25)12(3)4/h5-9,11-12H,10H2,1-4H3,(H,20,22)(H,19,21,23). The van der Waals surface area contributed by atoms with Gasteiger partial charge >= 0.3 is 0 Å². The van der Waals surface area contributed by atoms with Gasteiger partial charge in [0.2, 0.25) is 5.91 Å². The van der Waals surface area contributed by atoms with Gasteiger partial charge in [-0.3, -0.25) is 14.9 Å². The molecule has 1 aromatic carbocycles. The average Bonchev–Trinajstić information content (AvgIpc) is 3.03. The van der Waals surface area contributed by atoms with Gasteiger partial charge in [-0.15, -0.1) is 11.3 Å². The van der Waals surface area contributed by atoms with Crippen molar-refractivity contribution in [2.75, 3.05) is 16.4 Å². The van der Waals surface area contributed by atoms with E-state index in [1.54, 1.807) is 30.5 Å². The molecule has 0 saturated heterocycles. The van der Waals surface area contributed by atoms with E-state index in [1.165, 1.54) is 25.2 Å². The molecule has 146 valence electrons. The molecule has 0 bridgehead atoms. The number of hydrogen-bond donors (Lipinski definition) is 2. The second-order valence-electron chi connectivity index (χ2n) is 6.66. The summed E-state index contributed by atoms with van der Waals surface area (Å²) in [6, 6.07) is 6.21. The molecule has 27 heavy (non-hydrogen) atoms. The maximum Gasteiger partial charge on any atom is 0.257 e. The minimum Gasteiger partial charge on any atom is -0.325 e. The molecular formula is C18H23N3O4S2. The van der Waals surface area contributed by atoms with Crippen LogP contribution in [0.15, 0.2) is 30.5 Å². The van der Waals surface area contributed by atoms with Crippen LogP contribution in [0.4, 0.5) is 10.8 Å². The smallest absolute Gasteiger partial charge is 0.257 e. The number of amides is 2. The zero-order valence-corrected chi connectivity index (χ0v) is 17.3. The number of carbonyl (C=O) groups excluding carboxylic acids is 2. The van der Waals surface area contributed by atoms with E-state index >= 15 is 0 Å². The monoisotopic (exact) mass is 409 g/mol. The van der Waals surface area contributed by atoms with Crippen molar-refractivity contribution >= 4 is 43.8 Å². The van der Waals surface area contributed by atoms with Gasteiger partial charge in [-0.25, -0.2) is 13.4 Å². The summed E-state index contributed by atoms with van der Waals surface area (Å²) in [6.07, 6.45) is 1.74. The van der Waals surface area contributed by atoms with Gasteiger partial charge in [0.25, 0.3) is 5.91 Å². The SMILES string of the molecule is CC(C)c1cnc(NC(=O)c2ccc(NC(=O)CS(=O)(=O)C(C)C)cc2)s1. The molecular weight excluding hydrogens is 386 g/mol. The predicted molar refractivity (Wildman–Crippen MR) is 108 cm³/mol. The summed E-state index contributed by atoms with van der Waals surface area (Å²) in [7, 11) is -3.46. The predicted octanol–water partition coefficient (Wildman–Crippen LogP) is 3.28. The molecule has 0 fully saturated rings. The lowest BCUT2D eigenvalue weighted by molar-refractivity contribution is -0.113. The highest BCUT2D eigenvalue weighted by atomic mass is 32.2. The molecule has 2 amide bonds. The Morgan fingerprint density at radius 3 is 2.22 bits per heavy atom. The summed E-state index contributed by atoms with van der Waals surface area (Å²) in [4.78, 5) is 29.4. The first-order chi connectivity index (χ1) is 12.6. The topological polar surface area (TPSA) is 105 Å². The van der Waals surface area contributed by atoms with Crippen LogP contribution in [0.25, 0.3) is 0 Å². The van der Waals surface area contributed by atoms with Crippen molar-refractivity contribution in [3.8, 4) is 0 Å². The van der Waals surface area contributed by atoms with Crippen molar-refractivity contribution in [2.45, 2.75) is 38.9 Å². The molecule has 0 aliphatic heterocycles. The number of aromatic nitrogens is 1. The van der Waals surface area contributed by atoms with Crippen LogP contribution in [0.3, 0.4) is 0 Å². The average molecular weight is 410 g/mol. The lowest BCUT2D eigenvalue weighted by Crippen LogP contribution is -2.27. The Morgan fingerprint density at radius 2 is 1.70 bits per heavy atom. The van der Waals surface area contributed by atoms with Crippen molar-refractivity contribution in [1.82, 2.24) is 4.98 Å². The molecule has 2 aromatic rings. The van der Waals surface area contributed by atoms with Crippen molar-refractivity contribution < 1.29 is 18.0 Å². The Kier molecular flexibility index (Phi) is 6.72. The lowest BCUT2D eigenvalue weighted by atomic mass is 10.2. The van der Waals surface area contributed by atoms with Crippen molar-refractivity contribution in [3.63, 3.8) is 0 Å². The van der Waals surface area contributed by atoms with E-state index in [9.17, 15) is 18.0 Å². The normalized spacial score (nSPS) is 11.6. The molecule has 1 aromatic heterocycles. The van der Waals surface area contributed by atoms with E-state index in [0.717, 1.165) is 4.88 Å². The summed E-state index contributed by atoms with van der Waals surface area (Å²) >= 11 is 1.43. The number of sulfone groups is 1. The van der Waals surface area contributed by atoms with Gasteiger partial charge in [-0.05, 0) is 44.0 Å². The van der Waals surface area contributed by atoms with Crippen LogP contribution in [0, 0.1) is 0 Å². The van der Waals surface area contributed by atoms with Crippen molar-refractivity contribution in [2.24, 2.45) is 0 Å². The van der Waals surface area contributed by atoms with E-state index < -0.39 is 26.7 Å². The molecule has 0 unspecified atom stereocenters. The summed E-state index contributed by atoms with van der Waals surface area (Å²) < 4.78 is 23.5. The van der Waals surface area contributed by atoms with E-state index in [0.29, 0.717) is 22.3 Å². The van der Waals surface area contributed by atoms with Crippen LogP contribution in [0.5, 0.6) is 0 Å². The molecule has 9 heteroatoms. The molecule has 1 heterocycles. The fraction of sp³-hybridized carbons (Fsp3) is 0.389. The summed E-state index contributed by atoms with van der Waals surface area (Å²) in [5.41, 5.74) is 0.830. The molecule has 2 rings (SSSR count). The summed E-state index contributed by atoms with van der Waals surface area (Å²) in [6.45, 7) is 7.17.